The molecular weight excluding hydrogens is 328 g/mol. The highest BCUT2D eigenvalue weighted by Crippen LogP contribution is 2.24. The highest BCUT2D eigenvalue weighted by molar-refractivity contribution is 5.97. The normalized spacial score (nSPS) is 17.4. The topological polar surface area (TPSA) is 86.8 Å². The van der Waals surface area contributed by atoms with Crippen molar-refractivity contribution < 1.29 is 4.79 Å². The third-order valence-electron chi connectivity index (χ3n) is 4.97. The van der Waals surface area contributed by atoms with Crippen LogP contribution in [0.3, 0.4) is 0 Å². The minimum Gasteiger partial charge on any atom is -0.372 e. The Balaban J connectivity index is 1.48. The second-order valence-electron chi connectivity index (χ2n) is 6.70. The number of rotatable bonds is 4. The average Bonchev–Trinajstić information content (AvgIpc) is 3.16. The molecule has 7 nitrogen and oxygen atoms in total. The first kappa shape index (κ1) is 16.5. The van der Waals surface area contributed by atoms with Crippen LogP contribution in [0.4, 0.5) is 5.82 Å². The number of carbonyl (C=O) groups is 1. The fourth-order valence-electron chi connectivity index (χ4n) is 3.67. The van der Waals surface area contributed by atoms with E-state index in [4.69, 9.17) is 0 Å². The zero-order valence-corrected chi connectivity index (χ0v) is 14.8. The second kappa shape index (κ2) is 7.11. The minimum atomic E-state index is 0.0826. The molecule has 1 aromatic carbocycles. The van der Waals surface area contributed by atoms with Gasteiger partial charge in [-0.25, -0.2) is 9.97 Å². The van der Waals surface area contributed by atoms with E-state index in [9.17, 15) is 4.79 Å². The first-order valence-corrected chi connectivity index (χ1v) is 8.94. The summed E-state index contributed by atoms with van der Waals surface area (Å²) in [6.07, 6.45) is 8.00. The molecular formula is C19H22N6O. The van der Waals surface area contributed by atoms with Gasteiger partial charge in [-0.2, -0.15) is 0 Å². The van der Waals surface area contributed by atoms with E-state index < -0.39 is 0 Å². The van der Waals surface area contributed by atoms with Crippen LogP contribution >= 0.6 is 0 Å². The number of piperidine rings is 1. The largest absolute Gasteiger partial charge is 0.372 e. The quantitative estimate of drug-likeness (QED) is 0.755. The van der Waals surface area contributed by atoms with E-state index in [0.29, 0.717) is 11.5 Å². The van der Waals surface area contributed by atoms with Gasteiger partial charge in [-0.15, -0.1) is 0 Å². The number of anilines is 1. The van der Waals surface area contributed by atoms with Gasteiger partial charge in [0.25, 0.3) is 5.91 Å². The highest BCUT2D eigenvalue weighted by Gasteiger charge is 2.26. The number of amides is 1. The molecule has 1 aliphatic rings. The lowest BCUT2D eigenvalue weighted by Gasteiger charge is -2.33. The third-order valence-corrected chi connectivity index (χ3v) is 4.97. The zero-order valence-electron chi connectivity index (χ0n) is 14.8. The van der Waals surface area contributed by atoms with Crippen molar-refractivity contribution in [2.24, 2.45) is 5.92 Å². The molecule has 1 amide bonds. The maximum atomic E-state index is 12.9. The number of nitrogens with one attached hydrogen (secondary N) is 2. The van der Waals surface area contributed by atoms with Gasteiger partial charge >= 0.3 is 0 Å². The van der Waals surface area contributed by atoms with E-state index in [1.807, 2.05) is 30.1 Å². The average molecular weight is 350 g/mol. The summed E-state index contributed by atoms with van der Waals surface area (Å²) in [5, 5.41) is 3.10. The standard InChI is InChI=1S/C19H22N6O/c1-20-18-17(21-6-7-22-18)9-13-3-2-8-25(11-13)19(26)14-4-5-15-16(10-14)24-12-23-15/h4-7,10,12-13H,2-3,8-9,11H2,1H3,(H,20,22)(H,23,24)/t13-/m0/s1. The molecule has 3 aromatic rings. The lowest BCUT2D eigenvalue weighted by Crippen LogP contribution is -2.40. The molecule has 7 heteroatoms. The number of aromatic nitrogens is 4. The number of nitrogens with zero attached hydrogens (tertiary/aromatic N) is 4. The van der Waals surface area contributed by atoms with Crippen molar-refractivity contribution in [1.82, 2.24) is 24.8 Å². The fraction of sp³-hybridized carbons (Fsp3) is 0.368. The van der Waals surface area contributed by atoms with Crippen molar-refractivity contribution in [2.45, 2.75) is 19.3 Å². The molecule has 0 saturated carbocycles. The number of hydrogen-bond acceptors (Lipinski definition) is 5. The third kappa shape index (κ3) is 3.24. The van der Waals surface area contributed by atoms with Crippen molar-refractivity contribution in [1.29, 1.82) is 0 Å². The van der Waals surface area contributed by atoms with Gasteiger partial charge < -0.3 is 15.2 Å². The number of benzene rings is 1. The van der Waals surface area contributed by atoms with Crippen molar-refractivity contribution in [3.05, 3.63) is 48.2 Å². The van der Waals surface area contributed by atoms with Crippen LogP contribution in [-0.4, -0.2) is 50.9 Å². The molecule has 2 N–H and O–H groups in total. The number of imidazole rings is 1. The van der Waals surface area contributed by atoms with Crippen LogP contribution in [0.1, 0.15) is 28.9 Å². The molecule has 0 bridgehead atoms. The van der Waals surface area contributed by atoms with E-state index >= 15 is 0 Å². The van der Waals surface area contributed by atoms with Gasteiger partial charge in [0.05, 0.1) is 23.1 Å². The molecule has 1 atom stereocenters. The maximum absolute atomic E-state index is 12.9. The molecule has 0 aliphatic carbocycles. The summed E-state index contributed by atoms with van der Waals surface area (Å²) in [6, 6.07) is 5.63. The van der Waals surface area contributed by atoms with Crippen molar-refractivity contribution in [3.8, 4) is 0 Å². The Hall–Kier alpha value is -2.96. The van der Waals surface area contributed by atoms with E-state index in [0.717, 1.165) is 54.9 Å². The lowest BCUT2D eigenvalue weighted by molar-refractivity contribution is 0.0673. The van der Waals surface area contributed by atoms with Crippen molar-refractivity contribution >= 4 is 22.8 Å². The van der Waals surface area contributed by atoms with Gasteiger partial charge in [0.2, 0.25) is 0 Å². The molecule has 0 spiro atoms. The van der Waals surface area contributed by atoms with Crippen molar-refractivity contribution in [3.63, 3.8) is 0 Å². The van der Waals surface area contributed by atoms with Gasteiger partial charge in [-0.1, -0.05) is 0 Å². The molecule has 1 fully saturated rings. The number of carbonyl (C=O) groups excluding carboxylic acids is 1. The summed E-state index contributed by atoms with van der Waals surface area (Å²) in [4.78, 5) is 31.0. The molecule has 1 saturated heterocycles. The van der Waals surface area contributed by atoms with Gasteiger partial charge in [0, 0.05) is 38.1 Å². The number of hydrogen-bond donors (Lipinski definition) is 2. The maximum Gasteiger partial charge on any atom is 0.253 e. The Morgan fingerprint density at radius 1 is 1.31 bits per heavy atom. The fourth-order valence-corrected chi connectivity index (χ4v) is 3.67. The van der Waals surface area contributed by atoms with Gasteiger partial charge in [0.15, 0.2) is 0 Å². The van der Waals surface area contributed by atoms with Crippen LogP contribution in [0.15, 0.2) is 36.9 Å². The molecule has 3 heterocycles. The molecule has 4 rings (SSSR count). The summed E-state index contributed by atoms with van der Waals surface area (Å²) >= 11 is 0. The monoisotopic (exact) mass is 350 g/mol. The van der Waals surface area contributed by atoms with Crippen LogP contribution in [0.25, 0.3) is 11.0 Å². The Kier molecular flexibility index (Phi) is 4.51. The smallest absolute Gasteiger partial charge is 0.253 e. The van der Waals surface area contributed by atoms with E-state index in [2.05, 4.69) is 25.3 Å². The van der Waals surface area contributed by atoms with Crippen LogP contribution in [0.5, 0.6) is 0 Å². The number of H-pyrrole nitrogens is 1. The van der Waals surface area contributed by atoms with Crippen molar-refractivity contribution in [2.75, 3.05) is 25.5 Å². The van der Waals surface area contributed by atoms with Gasteiger partial charge in [-0.3, -0.25) is 9.78 Å². The summed E-state index contributed by atoms with van der Waals surface area (Å²) < 4.78 is 0. The Labute approximate surface area is 151 Å². The van der Waals surface area contributed by atoms with E-state index in [1.165, 1.54) is 0 Å². The Morgan fingerprint density at radius 2 is 2.19 bits per heavy atom. The number of aromatic amines is 1. The second-order valence-corrected chi connectivity index (χ2v) is 6.70. The van der Waals surface area contributed by atoms with Crippen LogP contribution in [-0.2, 0) is 6.42 Å². The summed E-state index contributed by atoms with van der Waals surface area (Å²) in [6.45, 7) is 1.55. The summed E-state index contributed by atoms with van der Waals surface area (Å²) in [7, 11) is 1.86. The minimum absolute atomic E-state index is 0.0826. The van der Waals surface area contributed by atoms with E-state index in [-0.39, 0.29) is 5.91 Å². The predicted molar refractivity (Wildman–Crippen MR) is 100 cm³/mol. The summed E-state index contributed by atoms with van der Waals surface area (Å²) in [5.41, 5.74) is 3.44. The number of fused-ring (bicyclic) bond motifs is 1. The summed E-state index contributed by atoms with van der Waals surface area (Å²) in [5.74, 6) is 1.30. The first-order valence-electron chi connectivity index (χ1n) is 8.94. The van der Waals surface area contributed by atoms with E-state index in [1.54, 1.807) is 18.7 Å². The van der Waals surface area contributed by atoms with Crippen LogP contribution in [0, 0.1) is 5.92 Å². The highest BCUT2D eigenvalue weighted by atomic mass is 16.2. The van der Waals surface area contributed by atoms with Gasteiger partial charge in [0.1, 0.15) is 5.82 Å². The molecule has 0 unspecified atom stereocenters. The van der Waals surface area contributed by atoms with Gasteiger partial charge in [-0.05, 0) is 43.4 Å². The lowest BCUT2D eigenvalue weighted by atomic mass is 9.92. The number of likely N-dealkylation sites (tertiary alicyclic amines) is 1. The molecule has 26 heavy (non-hydrogen) atoms. The molecule has 1 aliphatic heterocycles. The predicted octanol–water partition coefficient (Wildman–Crippen LogP) is 2.49. The van der Waals surface area contributed by atoms with Crippen LogP contribution < -0.4 is 5.32 Å². The Bertz CT molecular complexity index is 921. The zero-order chi connectivity index (χ0) is 17.9. The van der Waals surface area contributed by atoms with Crippen LogP contribution in [0.2, 0.25) is 0 Å². The molecule has 0 radical (unpaired) electrons. The molecule has 2 aromatic heterocycles. The molecule has 134 valence electrons. The Morgan fingerprint density at radius 3 is 3.08 bits per heavy atom. The first-order chi connectivity index (χ1) is 12.7. The SMILES string of the molecule is CNc1nccnc1C[C@@H]1CCCN(C(=O)c2ccc3nc[nH]c3c2)C1.